The summed E-state index contributed by atoms with van der Waals surface area (Å²) in [6, 6.07) is 7.13. The highest BCUT2D eigenvalue weighted by Crippen LogP contribution is 2.26. The molecule has 1 aromatic heterocycles. The lowest BCUT2D eigenvalue weighted by atomic mass is 9.95. The number of benzene rings is 1. The minimum Gasteiger partial charge on any atom is -0.301 e. The van der Waals surface area contributed by atoms with E-state index >= 15 is 0 Å². The predicted octanol–water partition coefficient (Wildman–Crippen LogP) is 1.48. The molecule has 0 saturated carbocycles. The van der Waals surface area contributed by atoms with Gasteiger partial charge in [0, 0.05) is 6.54 Å². The predicted molar refractivity (Wildman–Crippen MR) is 70.8 cm³/mol. The number of aromatic nitrogens is 3. The van der Waals surface area contributed by atoms with Gasteiger partial charge >= 0.3 is 6.18 Å². The fourth-order valence-corrected chi connectivity index (χ4v) is 2.28. The van der Waals surface area contributed by atoms with Crippen molar-refractivity contribution in [3.63, 3.8) is 0 Å². The Morgan fingerprint density at radius 2 is 2.00 bits per heavy atom. The maximum Gasteiger partial charge on any atom is 0.451 e. The Morgan fingerprint density at radius 3 is 2.68 bits per heavy atom. The van der Waals surface area contributed by atoms with Crippen LogP contribution in [0.2, 0.25) is 0 Å². The monoisotopic (exact) mass is 311 g/mol. The zero-order valence-corrected chi connectivity index (χ0v) is 11.2. The number of H-pyrrole nitrogens is 1. The molecular weight excluding hydrogens is 299 g/mol. The van der Waals surface area contributed by atoms with Crippen molar-refractivity contribution in [3.05, 3.63) is 41.2 Å². The Morgan fingerprint density at radius 1 is 1.27 bits per heavy atom. The van der Waals surface area contributed by atoms with Gasteiger partial charge in [0.2, 0.25) is 17.7 Å². The number of carbonyl (C=O) groups excluding carboxylic acids is 1. The number of carbonyl (C=O) groups is 1. The van der Waals surface area contributed by atoms with Crippen molar-refractivity contribution in [1.82, 2.24) is 20.5 Å². The van der Waals surface area contributed by atoms with Crippen molar-refractivity contribution in [2.24, 2.45) is 0 Å². The van der Waals surface area contributed by atoms with Crippen LogP contribution in [0.5, 0.6) is 0 Å². The highest BCUT2D eigenvalue weighted by atomic mass is 19.4. The minimum absolute atomic E-state index is 0.391. The number of fused-ring (bicyclic) bond motifs is 1. The molecule has 22 heavy (non-hydrogen) atoms. The third kappa shape index (κ3) is 2.93. The van der Waals surface area contributed by atoms with Crippen LogP contribution >= 0.6 is 0 Å². The summed E-state index contributed by atoms with van der Waals surface area (Å²) in [6.45, 7) is 0.524. The summed E-state index contributed by atoms with van der Waals surface area (Å²) in [5, 5.41) is 10.4. The number of amides is 1. The molecular formula is C13H12F3N5O. The summed E-state index contributed by atoms with van der Waals surface area (Å²) in [5.41, 5.74) is 2.14. The van der Waals surface area contributed by atoms with Gasteiger partial charge in [-0.05, 0) is 17.5 Å². The molecule has 0 saturated heterocycles. The van der Waals surface area contributed by atoms with Gasteiger partial charge in [0.1, 0.15) is 0 Å². The summed E-state index contributed by atoms with van der Waals surface area (Å²) in [7, 11) is 0. The second-order valence-electron chi connectivity index (χ2n) is 4.90. The SMILES string of the molecule is O=C(Nc1n[nH]c(C(F)(F)F)n1)C1Cc2ccccc2CN1. The van der Waals surface area contributed by atoms with Gasteiger partial charge in [-0.3, -0.25) is 15.2 Å². The largest absolute Gasteiger partial charge is 0.451 e. The van der Waals surface area contributed by atoms with E-state index in [0.29, 0.717) is 13.0 Å². The molecule has 1 atom stereocenters. The number of nitrogens with zero attached hydrogens (tertiary/aromatic N) is 2. The molecule has 1 aromatic carbocycles. The highest BCUT2D eigenvalue weighted by molar-refractivity contribution is 5.93. The van der Waals surface area contributed by atoms with Gasteiger partial charge in [-0.15, -0.1) is 5.10 Å². The second-order valence-corrected chi connectivity index (χ2v) is 4.90. The number of rotatable bonds is 2. The fourth-order valence-electron chi connectivity index (χ4n) is 2.28. The van der Waals surface area contributed by atoms with Crippen LogP contribution in [0.15, 0.2) is 24.3 Å². The van der Waals surface area contributed by atoms with Crippen LogP contribution in [0.4, 0.5) is 19.1 Å². The first-order valence-electron chi connectivity index (χ1n) is 6.54. The van der Waals surface area contributed by atoms with Gasteiger partial charge in [-0.2, -0.15) is 18.2 Å². The van der Waals surface area contributed by atoms with Gasteiger partial charge in [-0.1, -0.05) is 24.3 Å². The molecule has 6 nitrogen and oxygen atoms in total. The van der Waals surface area contributed by atoms with E-state index in [2.05, 4.69) is 20.7 Å². The van der Waals surface area contributed by atoms with E-state index in [-0.39, 0.29) is 0 Å². The lowest BCUT2D eigenvalue weighted by Gasteiger charge is -2.24. The Kier molecular flexibility index (Phi) is 3.57. The smallest absolute Gasteiger partial charge is 0.301 e. The van der Waals surface area contributed by atoms with E-state index < -0.39 is 29.9 Å². The van der Waals surface area contributed by atoms with Crippen molar-refractivity contribution >= 4 is 11.9 Å². The van der Waals surface area contributed by atoms with Gasteiger partial charge in [0.05, 0.1) is 6.04 Å². The van der Waals surface area contributed by atoms with Crippen LogP contribution in [0.1, 0.15) is 17.0 Å². The Balaban J connectivity index is 1.67. The molecule has 2 heterocycles. The number of halogens is 3. The summed E-state index contributed by atoms with van der Waals surface area (Å²) >= 11 is 0. The first-order valence-corrected chi connectivity index (χ1v) is 6.54. The van der Waals surface area contributed by atoms with E-state index in [9.17, 15) is 18.0 Å². The average molecular weight is 311 g/mol. The summed E-state index contributed by atoms with van der Waals surface area (Å²) in [6.07, 6.45) is -4.17. The Bertz CT molecular complexity index is 697. The van der Waals surface area contributed by atoms with Crippen LogP contribution in [-0.2, 0) is 23.9 Å². The second kappa shape index (κ2) is 5.41. The molecule has 116 valence electrons. The zero-order valence-electron chi connectivity index (χ0n) is 11.2. The van der Waals surface area contributed by atoms with Crippen molar-refractivity contribution in [3.8, 4) is 0 Å². The molecule has 0 bridgehead atoms. The summed E-state index contributed by atoms with van der Waals surface area (Å²) < 4.78 is 37.2. The number of nitrogens with one attached hydrogen (secondary N) is 3. The molecule has 0 radical (unpaired) electrons. The molecule has 1 aliphatic rings. The first kappa shape index (κ1) is 14.5. The zero-order chi connectivity index (χ0) is 15.7. The van der Waals surface area contributed by atoms with Crippen LogP contribution in [0.25, 0.3) is 0 Å². The standard InChI is InChI=1S/C13H12F3N5O/c14-13(15,16)11-19-12(21-20-11)18-10(22)9-5-7-3-1-2-4-8(7)6-17-9/h1-4,9,17H,5-6H2,(H2,18,19,20,21,22). The third-order valence-electron chi connectivity index (χ3n) is 3.39. The molecule has 1 unspecified atom stereocenters. The maximum absolute atomic E-state index is 12.4. The molecule has 1 aliphatic heterocycles. The number of anilines is 1. The lowest BCUT2D eigenvalue weighted by Crippen LogP contribution is -2.44. The van der Waals surface area contributed by atoms with Crippen molar-refractivity contribution in [2.45, 2.75) is 25.2 Å². The molecule has 0 spiro atoms. The van der Waals surface area contributed by atoms with Crippen LogP contribution in [-0.4, -0.2) is 27.1 Å². The molecule has 3 N–H and O–H groups in total. The fraction of sp³-hybridized carbons (Fsp3) is 0.308. The normalized spacial score (nSPS) is 17.9. The van der Waals surface area contributed by atoms with E-state index in [4.69, 9.17) is 0 Å². The Hall–Kier alpha value is -2.42. The topological polar surface area (TPSA) is 82.7 Å². The van der Waals surface area contributed by atoms with Gasteiger partial charge in [0.25, 0.3) is 0 Å². The Labute approximate surface area is 123 Å². The van der Waals surface area contributed by atoms with Crippen molar-refractivity contribution in [2.75, 3.05) is 5.32 Å². The molecule has 2 aromatic rings. The van der Waals surface area contributed by atoms with Crippen molar-refractivity contribution < 1.29 is 18.0 Å². The highest BCUT2D eigenvalue weighted by Gasteiger charge is 2.35. The third-order valence-corrected chi connectivity index (χ3v) is 3.39. The molecule has 9 heteroatoms. The van der Waals surface area contributed by atoms with E-state index in [0.717, 1.165) is 11.1 Å². The van der Waals surface area contributed by atoms with E-state index in [1.807, 2.05) is 24.3 Å². The first-order chi connectivity index (χ1) is 10.4. The number of hydrogen-bond donors (Lipinski definition) is 3. The van der Waals surface area contributed by atoms with E-state index in [1.165, 1.54) is 0 Å². The number of aromatic amines is 1. The maximum atomic E-state index is 12.4. The number of alkyl halides is 3. The minimum atomic E-state index is -4.63. The average Bonchev–Trinajstić information content (AvgIpc) is 2.95. The van der Waals surface area contributed by atoms with Gasteiger partial charge < -0.3 is 5.32 Å². The van der Waals surface area contributed by atoms with Crippen LogP contribution in [0.3, 0.4) is 0 Å². The molecule has 1 amide bonds. The number of hydrogen-bond acceptors (Lipinski definition) is 4. The molecule has 0 fully saturated rings. The summed E-state index contributed by atoms with van der Waals surface area (Å²) in [5.74, 6) is -2.11. The molecule has 3 rings (SSSR count). The van der Waals surface area contributed by atoms with Crippen LogP contribution in [0, 0.1) is 0 Å². The summed E-state index contributed by atoms with van der Waals surface area (Å²) in [4.78, 5) is 15.3. The quantitative estimate of drug-likeness (QED) is 0.784. The van der Waals surface area contributed by atoms with E-state index in [1.54, 1.807) is 5.10 Å². The van der Waals surface area contributed by atoms with Gasteiger partial charge in [-0.25, -0.2) is 0 Å². The molecule has 0 aliphatic carbocycles. The van der Waals surface area contributed by atoms with Crippen molar-refractivity contribution in [1.29, 1.82) is 0 Å². The van der Waals surface area contributed by atoms with Crippen LogP contribution < -0.4 is 10.6 Å². The lowest BCUT2D eigenvalue weighted by molar-refractivity contribution is -0.144. The van der Waals surface area contributed by atoms with Gasteiger partial charge in [0.15, 0.2) is 0 Å².